The highest BCUT2D eigenvalue weighted by atomic mass is 16.2. The molecule has 3 aromatic rings. The van der Waals surface area contributed by atoms with Crippen LogP contribution in [0.3, 0.4) is 0 Å². The molecule has 1 aliphatic rings. The monoisotopic (exact) mass is 377 g/mol. The van der Waals surface area contributed by atoms with Crippen LogP contribution in [0.2, 0.25) is 0 Å². The van der Waals surface area contributed by atoms with Crippen LogP contribution in [0, 0.1) is 13.8 Å². The summed E-state index contributed by atoms with van der Waals surface area (Å²) in [6.45, 7) is 8.29. The van der Waals surface area contributed by atoms with Gasteiger partial charge in [-0.1, -0.05) is 29.8 Å². The van der Waals surface area contributed by atoms with Crippen LogP contribution >= 0.6 is 0 Å². The molecule has 1 aromatic carbocycles. The molecule has 0 spiro atoms. The average Bonchev–Trinajstić information content (AvgIpc) is 3.35. The Kier molecular flexibility index (Phi) is 5.03. The van der Waals surface area contributed by atoms with Crippen molar-refractivity contribution in [2.45, 2.75) is 46.1 Å². The number of aromatic amines is 1. The third kappa shape index (κ3) is 3.46. The summed E-state index contributed by atoms with van der Waals surface area (Å²) < 4.78 is 1.83. The summed E-state index contributed by atoms with van der Waals surface area (Å²) in [5.74, 6) is 0.344. The van der Waals surface area contributed by atoms with E-state index in [0.29, 0.717) is 12.1 Å². The lowest BCUT2D eigenvalue weighted by Gasteiger charge is -2.32. The Morgan fingerprint density at radius 3 is 2.75 bits per heavy atom. The Balaban J connectivity index is 1.56. The third-order valence-corrected chi connectivity index (χ3v) is 5.65. The topological polar surface area (TPSA) is 66.8 Å². The standard InChI is InChI=1S/C22H27N5O/c1-4-27-14-20(16(3)25-27)22(28)26-11-5-6-18(13-26)21-19(12-23-24-21)17-9-7-15(2)8-10-17/h7-10,12,14,18H,4-6,11,13H2,1-3H3,(H,23,24)/t18-/m0/s1. The van der Waals surface area contributed by atoms with Crippen LogP contribution in [0.5, 0.6) is 0 Å². The molecule has 1 saturated heterocycles. The first kappa shape index (κ1) is 18.5. The second kappa shape index (κ2) is 7.62. The lowest BCUT2D eigenvalue weighted by molar-refractivity contribution is 0.0705. The van der Waals surface area contributed by atoms with Crippen molar-refractivity contribution in [2.75, 3.05) is 13.1 Å². The number of carbonyl (C=O) groups is 1. The van der Waals surface area contributed by atoms with Gasteiger partial charge in [-0.3, -0.25) is 14.6 Å². The van der Waals surface area contributed by atoms with Crippen molar-refractivity contribution < 1.29 is 4.79 Å². The van der Waals surface area contributed by atoms with Crippen molar-refractivity contribution in [3.63, 3.8) is 0 Å². The van der Waals surface area contributed by atoms with E-state index in [1.807, 2.05) is 35.8 Å². The fourth-order valence-corrected chi connectivity index (χ4v) is 4.03. The maximum Gasteiger partial charge on any atom is 0.257 e. The molecule has 0 bridgehead atoms. The molecule has 1 N–H and O–H groups in total. The molecular weight excluding hydrogens is 350 g/mol. The zero-order valence-electron chi connectivity index (χ0n) is 16.8. The van der Waals surface area contributed by atoms with Gasteiger partial charge >= 0.3 is 0 Å². The Morgan fingerprint density at radius 1 is 1.25 bits per heavy atom. The minimum Gasteiger partial charge on any atom is -0.338 e. The van der Waals surface area contributed by atoms with E-state index in [4.69, 9.17) is 0 Å². The average molecular weight is 377 g/mol. The molecule has 0 unspecified atom stereocenters. The molecule has 3 heterocycles. The van der Waals surface area contributed by atoms with Gasteiger partial charge < -0.3 is 4.90 Å². The maximum atomic E-state index is 13.1. The summed E-state index contributed by atoms with van der Waals surface area (Å²) in [5.41, 5.74) is 6.18. The zero-order valence-corrected chi connectivity index (χ0v) is 16.8. The highest BCUT2D eigenvalue weighted by molar-refractivity contribution is 5.95. The van der Waals surface area contributed by atoms with Gasteiger partial charge in [0.15, 0.2) is 0 Å². The second-order valence-corrected chi connectivity index (χ2v) is 7.64. The van der Waals surface area contributed by atoms with Crippen molar-refractivity contribution in [3.05, 3.63) is 59.2 Å². The molecule has 0 aliphatic carbocycles. The number of nitrogens with zero attached hydrogens (tertiary/aromatic N) is 4. The number of hydrogen-bond acceptors (Lipinski definition) is 3. The predicted molar refractivity (Wildman–Crippen MR) is 109 cm³/mol. The predicted octanol–water partition coefficient (Wildman–Crippen LogP) is 3.93. The largest absolute Gasteiger partial charge is 0.338 e. The lowest BCUT2D eigenvalue weighted by atomic mass is 9.90. The lowest BCUT2D eigenvalue weighted by Crippen LogP contribution is -2.39. The number of likely N-dealkylation sites (tertiary alicyclic amines) is 1. The smallest absolute Gasteiger partial charge is 0.257 e. The highest BCUT2D eigenvalue weighted by Gasteiger charge is 2.29. The van der Waals surface area contributed by atoms with Gasteiger partial charge in [0.2, 0.25) is 0 Å². The van der Waals surface area contributed by atoms with Gasteiger partial charge in [0.25, 0.3) is 5.91 Å². The van der Waals surface area contributed by atoms with Crippen molar-refractivity contribution in [2.24, 2.45) is 0 Å². The molecule has 146 valence electrons. The van der Waals surface area contributed by atoms with E-state index in [2.05, 4.69) is 46.5 Å². The number of carbonyl (C=O) groups excluding carboxylic acids is 1. The minimum absolute atomic E-state index is 0.0818. The molecular formula is C22H27N5O. The Hall–Kier alpha value is -2.89. The number of nitrogens with one attached hydrogen (secondary N) is 1. The first-order chi connectivity index (χ1) is 13.6. The van der Waals surface area contributed by atoms with Crippen LogP contribution in [-0.2, 0) is 6.54 Å². The van der Waals surface area contributed by atoms with Crippen LogP contribution in [0.25, 0.3) is 11.1 Å². The van der Waals surface area contributed by atoms with Gasteiger partial charge in [0, 0.05) is 43.0 Å². The second-order valence-electron chi connectivity index (χ2n) is 7.64. The molecule has 0 radical (unpaired) electrons. The fraction of sp³-hybridized carbons (Fsp3) is 0.409. The molecule has 0 saturated carbocycles. The van der Waals surface area contributed by atoms with Gasteiger partial charge in [-0.15, -0.1) is 0 Å². The number of amides is 1. The van der Waals surface area contributed by atoms with Gasteiger partial charge in [-0.25, -0.2) is 0 Å². The van der Waals surface area contributed by atoms with Crippen molar-refractivity contribution in [1.29, 1.82) is 0 Å². The van der Waals surface area contributed by atoms with Gasteiger partial charge in [0.05, 0.1) is 17.5 Å². The quantitative estimate of drug-likeness (QED) is 0.749. The summed E-state index contributed by atoms with van der Waals surface area (Å²) in [7, 11) is 0. The summed E-state index contributed by atoms with van der Waals surface area (Å²) >= 11 is 0. The Morgan fingerprint density at radius 2 is 2.04 bits per heavy atom. The molecule has 1 atom stereocenters. The van der Waals surface area contributed by atoms with Crippen LogP contribution in [0.1, 0.15) is 53.0 Å². The van der Waals surface area contributed by atoms with Gasteiger partial charge in [-0.2, -0.15) is 10.2 Å². The Bertz CT molecular complexity index is 969. The summed E-state index contributed by atoms with van der Waals surface area (Å²) in [4.78, 5) is 15.1. The number of aryl methyl sites for hydroxylation is 3. The number of hydrogen-bond donors (Lipinski definition) is 1. The van der Waals surface area contributed by atoms with E-state index in [1.165, 1.54) is 5.56 Å². The van der Waals surface area contributed by atoms with Crippen molar-refractivity contribution in [1.82, 2.24) is 24.9 Å². The zero-order chi connectivity index (χ0) is 19.7. The third-order valence-electron chi connectivity index (χ3n) is 5.65. The van der Waals surface area contributed by atoms with E-state index < -0.39 is 0 Å². The van der Waals surface area contributed by atoms with Crippen LogP contribution in [0.4, 0.5) is 0 Å². The SMILES string of the molecule is CCn1cc(C(=O)N2CCC[C@H](c3[nH]ncc3-c3ccc(C)cc3)C2)c(C)n1. The minimum atomic E-state index is 0.0818. The van der Waals surface area contributed by atoms with E-state index >= 15 is 0 Å². The maximum absolute atomic E-state index is 13.1. The van der Waals surface area contributed by atoms with Gasteiger partial charge in [-0.05, 0) is 39.2 Å². The van der Waals surface area contributed by atoms with Crippen LogP contribution in [-0.4, -0.2) is 43.9 Å². The molecule has 1 amide bonds. The molecule has 1 fully saturated rings. The van der Waals surface area contributed by atoms with Crippen LogP contribution in [0.15, 0.2) is 36.7 Å². The first-order valence-corrected chi connectivity index (χ1v) is 10.0. The number of piperidine rings is 1. The summed E-state index contributed by atoms with van der Waals surface area (Å²) in [5, 5.41) is 11.9. The molecule has 6 nitrogen and oxygen atoms in total. The first-order valence-electron chi connectivity index (χ1n) is 10.0. The van der Waals surface area contributed by atoms with E-state index in [0.717, 1.165) is 48.4 Å². The molecule has 6 heteroatoms. The Labute approximate surface area is 165 Å². The van der Waals surface area contributed by atoms with Crippen molar-refractivity contribution in [3.8, 4) is 11.1 Å². The molecule has 4 rings (SSSR count). The molecule has 2 aromatic heterocycles. The number of H-pyrrole nitrogens is 1. The summed E-state index contributed by atoms with van der Waals surface area (Å²) in [6, 6.07) is 8.52. The summed E-state index contributed by atoms with van der Waals surface area (Å²) in [6.07, 6.45) is 5.81. The number of aromatic nitrogens is 4. The number of rotatable bonds is 4. The fourth-order valence-electron chi connectivity index (χ4n) is 4.03. The number of benzene rings is 1. The van der Waals surface area contributed by atoms with E-state index in [9.17, 15) is 4.79 Å². The van der Waals surface area contributed by atoms with Crippen molar-refractivity contribution >= 4 is 5.91 Å². The normalized spacial score (nSPS) is 17.1. The van der Waals surface area contributed by atoms with E-state index in [-0.39, 0.29) is 11.8 Å². The van der Waals surface area contributed by atoms with E-state index in [1.54, 1.807) is 0 Å². The van der Waals surface area contributed by atoms with Gasteiger partial charge in [0.1, 0.15) is 0 Å². The van der Waals surface area contributed by atoms with Crippen LogP contribution < -0.4 is 0 Å². The highest BCUT2D eigenvalue weighted by Crippen LogP contribution is 2.33. The molecule has 1 aliphatic heterocycles. The molecule has 28 heavy (non-hydrogen) atoms.